The molecule has 21 heavy (non-hydrogen) atoms. The molecule has 2 N–H and O–H groups in total. The average Bonchev–Trinajstić information content (AvgIpc) is 2.44. The lowest BCUT2D eigenvalue weighted by Crippen LogP contribution is -2.24. The zero-order valence-electron chi connectivity index (χ0n) is 11.8. The van der Waals surface area contributed by atoms with E-state index in [1.165, 1.54) is 0 Å². The average molecular weight is 374 g/mol. The third-order valence-electron chi connectivity index (χ3n) is 2.80. The summed E-state index contributed by atoms with van der Waals surface area (Å²) >= 11 is 5.05. The van der Waals surface area contributed by atoms with Crippen LogP contribution in [0.5, 0.6) is 0 Å². The molecule has 1 aromatic rings. The Morgan fingerprint density at radius 2 is 1.81 bits per heavy atom. The van der Waals surface area contributed by atoms with Gasteiger partial charge in [0.2, 0.25) is 5.91 Å². The summed E-state index contributed by atoms with van der Waals surface area (Å²) in [6, 6.07) is 8.02. The number of amides is 1. The van der Waals surface area contributed by atoms with Crippen LogP contribution in [0.4, 0.5) is 0 Å². The maximum absolute atomic E-state index is 11.6. The van der Waals surface area contributed by atoms with Crippen molar-refractivity contribution in [2.75, 3.05) is 12.3 Å². The number of carbonyl (C=O) groups is 2. The summed E-state index contributed by atoms with van der Waals surface area (Å²) in [6.07, 6.45) is 3.04. The third kappa shape index (κ3) is 9.52. The predicted octanol–water partition coefficient (Wildman–Crippen LogP) is 3.69. The summed E-state index contributed by atoms with van der Waals surface area (Å²) in [7, 11) is 0. The van der Waals surface area contributed by atoms with Crippen molar-refractivity contribution in [2.24, 2.45) is 0 Å². The molecule has 1 amide bonds. The van der Waals surface area contributed by atoms with Crippen LogP contribution in [0.3, 0.4) is 0 Å². The number of thioether (sulfide) groups is 1. The molecule has 0 bridgehead atoms. The van der Waals surface area contributed by atoms with Gasteiger partial charge in [0.25, 0.3) is 0 Å². The first-order chi connectivity index (χ1) is 10.1. The van der Waals surface area contributed by atoms with E-state index in [9.17, 15) is 9.59 Å². The highest BCUT2D eigenvalue weighted by Crippen LogP contribution is 2.21. The Morgan fingerprint density at radius 1 is 1.10 bits per heavy atom. The van der Waals surface area contributed by atoms with Gasteiger partial charge in [-0.15, -0.1) is 11.8 Å². The number of nitrogens with one attached hydrogen (secondary N) is 1. The Kier molecular flexibility index (Phi) is 9.17. The van der Waals surface area contributed by atoms with Crippen molar-refractivity contribution in [2.45, 2.75) is 37.0 Å². The molecule has 0 aliphatic carbocycles. The summed E-state index contributed by atoms with van der Waals surface area (Å²) in [6.45, 7) is 0.626. The Bertz CT molecular complexity index is 451. The van der Waals surface area contributed by atoms with Crippen molar-refractivity contribution in [3.8, 4) is 0 Å². The van der Waals surface area contributed by atoms with E-state index in [1.54, 1.807) is 11.8 Å². The second kappa shape index (κ2) is 10.7. The molecule has 0 heterocycles. The first-order valence-electron chi connectivity index (χ1n) is 6.95. The third-order valence-corrected chi connectivity index (χ3v) is 4.34. The van der Waals surface area contributed by atoms with Crippen LogP contribution in [-0.2, 0) is 9.59 Å². The Morgan fingerprint density at radius 3 is 2.48 bits per heavy atom. The molecular formula is C15H20BrNO3S. The van der Waals surface area contributed by atoms with E-state index in [0.29, 0.717) is 19.4 Å². The zero-order chi connectivity index (χ0) is 15.5. The molecule has 1 rings (SSSR count). The van der Waals surface area contributed by atoms with Gasteiger partial charge in [-0.25, -0.2) is 0 Å². The maximum Gasteiger partial charge on any atom is 0.303 e. The van der Waals surface area contributed by atoms with E-state index in [2.05, 4.69) is 21.2 Å². The summed E-state index contributed by atoms with van der Waals surface area (Å²) in [5.41, 5.74) is 0. The minimum Gasteiger partial charge on any atom is -0.481 e. The normalized spacial score (nSPS) is 10.3. The van der Waals surface area contributed by atoms with Crippen molar-refractivity contribution in [1.29, 1.82) is 0 Å². The van der Waals surface area contributed by atoms with E-state index in [0.717, 1.165) is 28.0 Å². The lowest BCUT2D eigenvalue weighted by Gasteiger charge is -2.05. The smallest absolute Gasteiger partial charge is 0.303 e. The first kappa shape index (κ1) is 18.0. The molecule has 0 aliphatic rings. The zero-order valence-corrected chi connectivity index (χ0v) is 14.2. The van der Waals surface area contributed by atoms with Crippen molar-refractivity contribution in [1.82, 2.24) is 5.32 Å². The molecule has 6 heteroatoms. The fourth-order valence-electron chi connectivity index (χ4n) is 1.69. The monoisotopic (exact) mass is 373 g/mol. The highest BCUT2D eigenvalue weighted by Gasteiger charge is 2.02. The molecule has 0 saturated carbocycles. The predicted molar refractivity (Wildman–Crippen MR) is 88.6 cm³/mol. The number of aliphatic carboxylic acids is 1. The lowest BCUT2D eigenvalue weighted by atomic mass is 10.2. The van der Waals surface area contributed by atoms with E-state index >= 15 is 0 Å². The van der Waals surface area contributed by atoms with Gasteiger partial charge < -0.3 is 10.4 Å². The molecule has 0 aromatic heterocycles. The van der Waals surface area contributed by atoms with Gasteiger partial charge in [-0.1, -0.05) is 22.4 Å². The number of hydrogen-bond acceptors (Lipinski definition) is 3. The van der Waals surface area contributed by atoms with E-state index in [-0.39, 0.29) is 12.3 Å². The molecule has 0 spiro atoms. The SMILES string of the molecule is O=C(O)CCCCCNC(=O)CCSc1ccc(Br)cc1. The molecule has 4 nitrogen and oxygen atoms in total. The summed E-state index contributed by atoms with van der Waals surface area (Å²) in [4.78, 5) is 23.1. The molecular weight excluding hydrogens is 354 g/mol. The van der Waals surface area contributed by atoms with Crippen molar-refractivity contribution in [3.63, 3.8) is 0 Å². The quantitative estimate of drug-likeness (QED) is 0.484. The second-order valence-corrected chi connectivity index (χ2v) is 6.69. The van der Waals surface area contributed by atoms with Crippen molar-refractivity contribution in [3.05, 3.63) is 28.7 Å². The number of carboxylic acid groups (broad SMARTS) is 1. The van der Waals surface area contributed by atoms with Gasteiger partial charge >= 0.3 is 5.97 Å². The second-order valence-electron chi connectivity index (χ2n) is 4.61. The van der Waals surface area contributed by atoms with E-state index in [4.69, 9.17) is 5.11 Å². The number of rotatable bonds is 10. The topological polar surface area (TPSA) is 66.4 Å². The van der Waals surface area contributed by atoms with Crippen LogP contribution in [0.2, 0.25) is 0 Å². The van der Waals surface area contributed by atoms with Crippen molar-refractivity contribution >= 4 is 39.6 Å². The summed E-state index contributed by atoms with van der Waals surface area (Å²) in [5, 5.41) is 11.3. The number of hydrogen-bond donors (Lipinski definition) is 2. The summed E-state index contributed by atoms with van der Waals surface area (Å²) in [5.74, 6) is 0.0498. The molecule has 0 aliphatic heterocycles. The van der Waals surface area contributed by atoms with E-state index in [1.807, 2.05) is 24.3 Å². The van der Waals surface area contributed by atoms with Crippen LogP contribution in [-0.4, -0.2) is 29.3 Å². The number of carbonyl (C=O) groups excluding carboxylic acids is 1. The van der Waals surface area contributed by atoms with Crippen LogP contribution in [0.15, 0.2) is 33.6 Å². The molecule has 0 saturated heterocycles. The van der Waals surface area contributed by atoms with Crippen LogP contribution >= 0.6 is 27.7 Å². The minimum atomic E-state index is -0.760. The maximum atomic E-state index is 11.6. The number of halogens is 1. The van der Waals surface area contributed by atoms with Gasteiger partial charge in [-0.3, -0.25) is 9.59 Å². The highest BCUT2D eigenvalue weighted by molar-refractivity contribution is 9.10. The van der Waals surface area contributed by atoms with Gasteiger partial charge in [-0.2, -0.15) is 0 Å². The van der Waals surface area contributed by atoms with Gasteiger partial charge in [-0.05, 0) is 37.1 Å². The Labute approximate surface area is 137 Å². The molecule has 0 unspecified atom stereocenters. The highest BCUT2D eigenvalue weighted by atomic mass is 79.9. The molecule has 0 radical (unpaired) electrons. The van der Waals surface area contributed by atoms with Crippen LogP contribution in [0, 0.1) is 0 Å². The van der Waals surface area contributed by atoms with Crippen LogP contribution < -0.4 is 5.32 Å². The van der Waals surface area contributed by atoms with Gasteiger partial charge in [0.05, 0.1) is 0 Å². The number of unbranched alkanes of at least 4 members (excludes halogenated alkanes) is 2. The Balaban J connectivity index is 2.01. The van der Waals surface area contributed by atoms with Crippen LogP contribution in [0.25, 0.3) is 0 Å². The summed E-state index contributed by atoms with van der Waals surface area (Å²) < 4.78 is 1.05. The molecule has 1 aromatic carbocycles. The fourth-order valence-corrected chi connectivity index (χ4v) is 2.80. The Hall–Kier alpha value is -1.01. The first-order valence-corrected chi connectivity index (χ1v) is 8.72. The number of benzene rings is 1. The van der Waals surface area contributed by atoms with E-state index < -0.39 is 5.97 Å². The molecule has 0 atom stereocenters. The standard InChI is InChI=1S/C15H20BrNO3S/c16-12-5-7-13(8-6-12)21-11-9-14(18)17-10-3-1-2-4-15(19)20/h5-8H,1-4,9-11H2,(H,17,18)(H,19,20). The van der Waals surface area contributed by atoms with Gasteiger partial charge in [0, 0.05) is 34.5 Å². The molecule has 0 fully saturated rings. The van der Waals surface area contributed by atoms with Gasteiger partial charge in [0.15, 0.2) is 0 Å². The van der Waals surface area contributed by atoms with Crippen LogP contribution in [0.1, 0.15) is 32.1 Å². The largest absolute Gasteiger partial charge is 0.481 e. The van der Waals surface area contributed by atoms with Crippen molar-refractivity contribution < 1.29 is 14.7 Å². The lowest BCUT2D eigenvalue weighted by molar-refractivity contribution is -0.137. The fraction of sp³-hybridized carbons (Fsp3) is 0.467. The minimum absolute atomic E-state index is 0.0536. The molecule has 116 valence electrons. The van der Waals surface area contributed by atoms with Gasteiger partial charge in [0.1, 0.15) is 0 Å². The number of carboxylic acids is 1.